The van der Waals surface area contributed by atoms with Gasteiger partial charge in [0.1, 0.15) is 11.9 Å². The molecule has 0 spiro atoms. The van der Waals surface area contributed by atoms with Crippen molar-refractivity contribution in [1.29, 1.82) is 0 Å². The van der Waals surface area contributed by atoms with Crippen molar-refractivity contribution in [2.75, 3.05) is 6.61 Å². The lowest BCUT2D eigenvalue weighted by molar-refractivity contribution is -0.139. The number of carboxylic acid groups (broad SMARTS) is 1. The summed E-state index contributed by atoms with van der Waals surface area (Å²) in [5.41, 5.74) is 0. The summed E-state index contributed by atoms with van der Waals surface area (Å²) in [6.45, 7) is 1.51. The summed E-state index contributed by atoms with van der Waals surface area (Å²) in [4.78, 5) is 26.2. The summed E-state index contributed by atoms with van der Waals surface area (Å²) in [6.07, 6.45) is 0.533. The molecule has 8 heteroatoms. The monoisotopic (exact) mass is 242 g/mol. The van der Waals surface area contributed by atoms with Gasteiger partial charge < -0.3 is 15.5 Å². The first-order chi connectivity index (χ1) is 8.08. The van der Waals surface area contributed by atoms with Crippen LogP contribution in [-0.4, -0.2) is 49.9 Å². The van der Waals surface area contributed by atoms with E-state index >= 15 is 0 Å². The highest BCUT2D eigenvalue weighted by molar-refractivity contribution is 5.93. The fraction of sp³-hybridized carbons (Fsp3) is 0.556. The molecule has 0 bridgehead atoms. The highest BCUT2D eigenvalue weighted by atomic mass is 16.4. The van der Waals surface area contributed by atoms with E-state index in [9.17, 15) is 9.59 Å². The number of carbonyl (C=O) groups excluding carboxylic acids is 1. The number of aliphatic hydroxyl groups excluding tert-OH is 1. The maximum atomic E-state index is 11.6. The maximum absolute atomic E-state index is 11.6. The number of aryl methyl sites for hydroxylation is 1. The number of aromatic nitrogens is 3. The fourth-order valence-corrected chi connectivity index (χ4v) is 1.16. The van der Waals surface area contributed by atoms with Crippen LogP contribution < -0.4 is 5.32 Å². The van der Waals surface area contributed by atoms with Crippen LogP contribution in [0, 0.1) is 0 Å². The summed E-state index contributed by atoms with van der Waals surface area (Å²) in [5.74, 6) is -1.45. The van der Waals surface area contributed by atoms with E-state index in [0.29, 0.717) is 12.2 Å². The van der Waals surface area contributed by atoms with E-state index in [1.807, 2.05) is 6.92 Å². The Morgan fingerprint density at radius 3 is 2.71 bits per heavy atom. The van der Waals surface area contributed by atoms with E-state index in [1.54, 1.807) is 0 Å². The van der Waals surface area contributed by atoms with Crippen molar-refractivity contribution in [2.24, 2.45) is 0 Å². The zero-order valence-corrected chi connectivity index (χ0v) is 9.30. The van der Waals surface area contributed by atoms with Gasteiger partial charge in [-0.3, -0.25) is 9.89 Å². The number of aliphatic carboxylic acids is 1. The molecule has 0 fully saturated rings. The second-order valence-corrected chi connectivity index (χ2v) is 3.34. The van der Waals surface area contributed by atoms with Crippen LogP contribution in [0.4, 0.5) is 0 Å². The summed E-state index contributed by atoms with van der Waals surface area (Å²) in [7, 11) is 0. The van der Waals surface area contributed by atoms with Gasteiger partial charge in [0.05, 0.1) is 0 Å². The Labute approximate surface area is 97.1 Å². The molecule has 0 saturated heterocycles. The van der Waals surface area contributed by atoms with Crippen LogP contribution in [0.25, 0.3) is 0 Å². The first-order valence-corrected chi connectivity index (χ1v) is 5.14. The number of aromatic amines is 1. The van der Waals surface area contributed by atoms with Gasteiger partial charge in [-0.05, 0) is 0 Å². The van der Waals surface area contributed by atoms with E-state index in [-0.39, 0.29) is 18.9 Å². The number of hydrogen-bond acceptors (Lipinski definition) is 5. The van der Waals surface area contributed by atoms with Gasteiger partial charge in [0.15, 0.2) is 0 Å². The first kappa shape index (κ1) is 13.1. The minimum Gasteiger partial charge on any atom is -0.480 e. The Morgan fingerprint density at radius 2 is 2.24 bits per heavy atom. The predicted octanol–water partition coefficient (Wildman–Crippen LogP) is -1.07. The van der Waals surface area contributed by atoms with Gasteiger partial charge in [-0.25, -0.2) is 9.78 Å². The van der Waals surface area contributed by atoms with Crippen molar-refractivity contribution in [3.63, 3.8) is 0 Å². The lowest BCUT2D eigenvalue weighted by Gasteiger charge is -2.11. The van der Waals surface area contributed by atoms with Crippen molar-refractivity contribution in [3.8, 4) is 0 Å². The van der Waals surface area contributed by atoms with Crippen molar-refractivity contribution in [1.82, 2.24) is 20.5 Å². The third-order valence-electron chi connectivity index (χ3n) is 2.09. The Bertz CT molecular complexity index is 403. The Kier molecular flexibility index (Phi) is 4.58. The minimum atomic E-state index is -1.21. The summed E-state index contributed by atoms with van der Waals surface area (Å²) < 4.78 is 0. The molecule has 0 aliphatic carbocycles. The Hall–Kier alpha value is -1.96. The Morgan fingerprint density at radius 1 is 1.53 bits per heavy atom. The molecule has 8 nitrogen and oxygen atoms in total. The fourth-order valence-electron chi connectivity index (χ4n) is 1.16. The molecule has 0 radical (unpaired) electrons. The second kappa shape index (κ2) is 5.94. The Balaban J connectivity index is 2.66. The lowest BCUT2D eigenvalue weighted by Crippen LogP contribution is -2.41. The van der Waals surface area contributed by atoms with Gasteiger partial charge in [0.2, 0.25) is 5.82 Å². The maximum Gasteiger partial charge on any atom is 0.326 e. The molecule has 4 N–H and O–H groups in total. The van der Waals surface area contributed by atoms with E-state index in [0.717, 1.165) is 0 Å². The topological polar surface area (TPSA) is 128 Å². The highest BCUT2D eigenvalue weighted by Crippen LogP contribution is 1.97. The lowest BCUT2D eigenvalue weighted by atomic mass is 10.2. The number of carbonyl (C=O) groups is 2. The zero-order valence-electron chi connectivity index (χ0n) is 9.30. The molecular formula is C9H14N4O4. The van der Waals surface area contributed by atoms with Crippen molar-refractivity contribution >= 4 is 11.9 Å². The molecule has 0 aliphatic heterocycles. The normalized spacial score (nSPS) is 12.1. The molecule has 1 atom stereocenters. The third-order valence-corrected chi connectivity index (χ3v) is 2.09. The number of nitrogens with one attached hydrogen (secondary N) is 2. The molecule has 1 heterocycles. The molecule has 94 valence electrons. The van der Waals surface area contributed by atoms with Gasteiger partial charge in [-0.1, -0.05) is 6.92 Å². The van der Waals surface area contributed by atoms with Gasteiger partial charge in [0, 0.05) is 19.4 Å². The number of H-pyrrole nitrogens is 1. The SMILES string of the molecule is CCc1nc(C(=O)NC(CCO)C(=O)O)n[nH]1. The van der Waals surface area contributed by atoms with Gasteiger partial charge >= 0.3 is 5.97 Å². The summed E-state index contributed by atoms with van der Waals surface area (Å²) in [5, 5.41) is 25.9. The third kappa shape index (κ3) is 3.52. The van der Waals surface area contributed by atoms with Crippen LogP contribution in [-0.2, 0) is 11.2 Å². The van der Waals surface area contributed by atoms with E-state index in [4.69, 9.17) is 10.2 Å². The quantitative estimate of drug-likeness (QED) is 0.503. The van der Waals surface area contributed by atoms with Crippen molar-refractivity contribution in [2.45, 2.75) is 25.8 Å². The van der Waals surface area contributed by atoms with E-state index in [2.05, 4.69) is 20.5 Å². The minimum absolute atomic E-state index is 0.0634. The molecule has 0 aromatic carbocycles. The molecular weight excluding hydrogens is 228 g/mol. The van der Waals surface area contributed by atoms with Gasteiger partial charge in [0.25, 0.3) is 5.91 Å². The number of rotatable bonds is 6. The molecule has 1 rings (SSSR count). The molecule has 0 aliphatic rings. The van der Waals surface area contributed by atoms with Crippen LogP contribution in [0.2, 0.25) is 0 Å². The molecule has 17 heavy (non-hydrogen) atoms. The number of nitrogens with zero attached hydrogens (tertiary/aromatic N) is 2. The van der Waals surface area contributed by atoms with Crippen molar-refractivity contribution < 1.29 is 19.8 Å². The number of aliphatic hydroxyl groups is 1. The summed E-state index contributed by atoms with van der Waals surface area (Å²) >= 11 is 0. The summed E-state index contributed by atoms with van der Waals surface area (Å²) in [6, 6.07) is -1.14. The molecule has 1 unspecified atom stereocenters. The van der Waals surface area contributed by atoms with Crippen LogP contribution in [0.3, 0.4) is 0 Å². The van der Waals surface area contributed by atoms with Gasteiger partial charge in [-0.2, -0.15) is 0 Å². The van der Waals surface area contributed by atoms with Gasteiger partial charge in [-0.15, -0.1) is 5.10 Å². The molecule has 0 saturated carbocycles. The van der Waals surface area contributed by atoms with E-state index < -0.39 is 17.9 Å². The molecule has 1 amide bonds. The van der Waals surface area contributed by atoms with Crippen LogP contribution in [0.1, 0.15) is 29.8 Å². The predicted molar refractivity (Wildman–Crippen MR) is 56.4 cm³/mol. The first-order valence-electron chi connectivity index (χ1n) is 5.14. The average Bonchev–Trinajstić information content (AvgIpc) is 2.76. The average molecular weight is 242 g/mol. The number of amides is 1. The van der Waals surface area contributed by atoms with Crippen LogP contribution in [0.5, 0.6) is 0 Å². The molecule has 1 aromatic rings. The largest absolute Gasteiger partial charge is 0.480 e. The van der Waals surface area contributed by atoms with Crippen molar-refractivity contribution in [3.05, 3.63) is 11.6 Å². The standard InChI is InChI=1S/C9H14N4O4/c1-2-6-11-7(13-12-6)8(15)10-5(3-4-14)9(16)17/h5,14H,2-4H2,1H3,(H,10,15)(H,16,17)(H,11,12,13). The number of hydrogen-bond donors (Lipinski definition) is 4. The smallest absolute Gasteiger partial charge is 0.326 e. The van der Waals surface area contributed by atoms with E-state index in [1.165, 1.54) is 0 Å². The zero-order chi connectivity index (χ0) is 12.8. The van der Waals surface area contributed by atoms with Crippen LogP contribution in [0.15, 0.2) is 0 Å². The molecule has 1 aromatic heterocycles. The second-order valence-electron chi connectivity index (χ2n) is 3.34. The van der Waals surface area contributed by atoms with Crippen LogP contribution >= 0.6 is 0 Å². The highest BCUT2D eigenvalue weighted by Gasteiger charge is 2.22. The number of carboxylic acids is 1.